The van der Waals surface area contributed by atoms with Crippen LogP contribution in [-0.4, -0.2) is 53.8 Å². The third kappa shape index (κ3) is 6.01. The van der Waals surface area contributed by atoms with Crippen molar-refractivity contribution < 1.29 is 28.7 Å². The Balaban J connectivity index is 1.98. The fourth-order valence-corrected chi connectivity index (χ4v) is 2.99. The highest BCUT2D eigenvalue weighted by atomic mass is 16.6. The molecule has 1 amide bonds. The lowest BCUT2D eigenvalue weighted by atomic mass is 9.96. The molecule has 1 aliphatic rings. The van der Waals surface area contributed by atoms with Gasteiger partial charge in [-0.2, -0.15) is 0 Å². The maximum atomic E-state index is 12.4. The molecule has 1 saturated heterocycles. The van der Waals surface area contributed by atoms with Gasteiger partial charge in [0.2, 0.25) is 5.78 Å². The molecule has 1 heterocycles. The first-order chi connectivity index (χ1) is 13.5. The smallest absolute Gasteiger partial charge is 0.410 e. The number of carbonyl (C=O) groups is 4. The van der Waals surface area contributed by atoms with Gasteiger partial charge in [0.1, 0.15) is 12.2 Å². The molecule has 1 aliphatic heterocycles. The molecule has 7 nitrogen and oxygen atoms in total. The third-order valence-electron chi connectivity index (χ3n) is 4.58. The van der Waals surface area contributed by atoms with Gasteiger partial charge in [0.25, 0.3) is 0 Å². The Labute approximate surface area is 170 Å². The van der Waals surface area contributed by atoms with Crippen LogP contribution in [0.3, 0.4) is 0 Å². The molecule has 0 radical (unpaired) electrons. The second-order valence-electron chi connectivity index (χ2n) is 8.18. The van der Waals surface area contributed by atoms with Crippen LogP contribution >= 0.6 is 0 Å². The summed E-state index contributed by atoms with van der Waals surface area (Å²) in [7, 11) is 0. The number of Topliss-reactive ketones (excluding diaryl/α,β-unsaturated/α-hetero) is 1. The molecule has 7 heteroatoms. The molecule has 1 fully saturated rings. The van der Waals surface area contributed by atoms with E-state index in [4.69, 9.17) is 9.47 Å². The van der Waals surface area contributed by atoms with Gasteiger partial charge in [-0.3, -0.25) is 14.5 Å². The van der Waals surface area contributed by atoms with Crippen molar-refractivity contribution in [2.45, 2.75) is 51.7 Å². The zero-order chi connectivity index (χ0) is 21.8. The van der Waals surface area contributed by atoms with Crippen molar-refractivity contribution in [3.63, 3.8) is 0 Å². The standard InChI is InChI=1S/C22H27NO6/c1-14-10-18(23(11-14)21(27)29-22(3,4)5)13-28-20(26)17-8-6-16(7-9-17)15(2)19(25)12-24/h6-9,12,15,18H,1,10-11,13H2,2-5H3. The highest BCUT2D eigenvalue weighted by Crippen LogP contribution is 2.24. The van der Waals surface area contributed by atoms with Crippen LogP contribution in [0.25, 0.3) is 0 Å². The van der Waals surface area contributed by atoms with Gasteiger partial charge in [-0.15, -0.1) is 0 Å². The van der Waals surface area contributed by atoms with Gasteiger partial charge in [-0.05, 0) is 44.9 Å². The summed E-state index contributed by atoms with van der Waals surface area (Å²) in [5.41, 5.74) is 1.21. The number of carbonyl (C=O) groups excluding carboxylic acids is 4. The average molecular weight is 401 g/mol. The lowest BCUT2D eigenvalue weighted by Crippen LogP contribution is -2.42. The Hall–Kier alpha value is -2.96. The number of hydrogen-bond acceptors (Lipinski definition) is 6. The van der Waals surface area contributed by atoms with Crippen molar-refractivity contribution in [3.05, 3.63) is 47.5 Å². The van der Waals surface area contributed by atoms with Crippen molar-refractivity contribution in [2.75, 3.05) is 13.2 Å². The van der Waals surface area contributed by atoms with Crippen LogP contribution in [0.5, 0.6) is 0 Å². The molecule has 2 atom stereocenters. The van der Waals surface area contributed by atoms with E-state index in [1.54, 1.807) is 52.0 Å². The number of esters is 1. The monoisotopic (exact) mass is 401 g/mol. The van der Waals surface area contributed by atoms with Crippen LogP contribution in [-0.2, 0) is 19.1 Å². The first-order valence-corrected chi connectivity index (χ1v) is 9.44. The highest BCUT2D eigenvalue weighted by molar-refractivity contribution is 6.27. The Morgan fingerprint density at radius 2 is 1.86 bits per heavy atom. The largest absolute Gasteiger partial charge is 0.460 e. The minimum absolute atomic E-state index is 0.0267. The fourth-order valence-electron chi connectivity index (χ4n) is 2.99. The number of ether oxygens (including phenoxy) is 2. The SMILES string of the molecule is C=C1CC(COC(=O)c2ccc(C(C)C(=O)C=O)cc2)N(C(=O)OC(C)(C)C)C1. The van der Waals surface area contributed by atoms with E-state index >= 15 is 0 Å². The van der Waals surface area contributed by atoms with E-state index in [1.807, 2.05) is 0 Å². The zero-order valence-electron chi connectivity index (χ0n) is 17.3. The van der Waals surface area contributed by atoms with Gasteiger partial charge in [0.05, 0.1) is 11.6 Å². The molecule has 0 saturated carbocycles. The van der Waals surface area contributed by atoms with Crippen molar-refractivity contribution in [2.24, 2.45) is 0 Å². The number of nitrogens with zero attached hydrogens (tertiary/aromatic N) is 1. The highest BCUT2D eigenvalue weighted by Gasteiger charge is 2.34. The zero-order valence-corrected chi connectivity index (χ0v) is 17.3. The summed E-state index contributed by atoms with van der Waals surface area (Å²) in [6, 6.07) is 6.00. The molecule has 1 aromatic rings. The summed E-state index contributed by atoms with van der Waals surface area (Å²) >= 11 is 0. The van der Waals surface area contributed by atoms with E-state index in [0.29, 0.717) is 30.4 Å². The van der Waals surface area contributed by atoms with Crippen LogP contribution in [0.1, 0.15) is 56.0 Å². The first kappa shape index (κ1) is 22.3. The summed E-state index contributed by atoms with van der Waals surface area (Å²) in [6.07, 6.45) is 0.366. The first-order valence-electron chi connectivity index (χ1n) is 9.44. The summed E-state index contributed by atoms with van der Waals surface area (Å²) in [6.45, 7) is 11.3. The lowest BCUT2D eigenvalue weighted by molar-refractivity contribution is -0.130. The van der Waals surface area contributed by atoms with Gasteiger partial charge >= 0.3 is 12.1 Å². The van der Waals surface area contributed by atoms with Crippen molar-refractivity contribution in [3.8, 4) is 0 Å². The van der Waals surface area contributed by atoms with Crippen LogP contribution in [0.4, 0.5) is 4.79 Å². The summed E-state index contributed by atoms with van der Waals surface area (Å²) in [5.74, 6) is -1.62. The molecular weight excluding hydrogens is 374 g/mol. The van der Waals surface area contributed by atoms with Gasteiger partial charge in [0, 0.05) is 12.5 Å². The minimum Gasteiger partial charge on any atom is -0.460 e. The summed E-state index contributed by atoms with van der Waals surface area (Å²) in [4.78, 5) is 48.3. The van der Waals surface area contributed by atoms with Crippen LogP contribution < -0.4 is 0 Å². The Bertz CT molecular complexity index is 806. The Morgan fingerprint density at radius 1 is 1.24 bits per heavy atom. The molecule has 0 spiro atoms. The van der Waals surface area contributed by atoms with Crippen LogP contribution in [0.15, 0.2) is 36.4 Å². The van der Waals surface area contributed by atoms with E-state index in [0.717, 1.165) is 5.57 Å². The Morgan fingerprint density at radius 3 is 2.41 bits per heavy atom. The Kier molecular flexibility index (Phi) is 6.95. The van der Waals surface area contributed by atoms with Gasteiger partial charge in [0.15, 0.2) is 6.29 Å². The lowest BCUT2D eigenvalue weighted by Gasteiger charge is -2.28. The topological polar surface area (TPSA) is 90.0 Å². The predicted molar refractivity (Wildman–Crippen MR) is 107 cm³/mol. The van der Waals surface area contributed by atoms with E-state index in [9.17, 15) is 19.2 Å². The number of hydrogen-bond donors (Lipinski definition) is 0. The minimum atomic E-state index is -0.619. The van der Waals surface area contributed by atoms with E-state index in [-0.39, 0.29) is 12.6 Å². The molecule has 2 rings (SSSR count). The number of likely N-dealkylation sites (tertiary alicyclic amines) is 1. The fraction of sp³-hybridized carbons (Fsp3) is 0.455. The number of ketones is 1. The molecule has 29 heavy (non-hydrogen) atoms. The summed E-state index contributed by atoms with van der Waals surface area (Å²) < 4.78 is 10.8. The summed E-state index contributed by atoms with van der Waals surface area (Å²) in [5, 5.41) is 0. The maximum Gasteiger partial charge on any atom is 0.410 e. The normalized spacial score (nSPS) is 17.6. The van der Waals surface area contributed by atoms with Gasteiger partial charge in [-0.25, -0.2) is 9.59 Å². The van der Waals surface area contributed by atoms with Crippen molar-refractivity contribution in [1.82, 2.24) is 4.90 Å². The number of benzene rings is 1. The van der Waals surface area contributed by atoms with Gasteiger partial charge in [-0.1, -0.05) is 31.2 Å². The number of rotatable bonds is 6. The van der Waals surface area contributed by atoms with Crippen LogP contribution in [0, 0.1) is 0 Å². The average Bonchev–Trinajstić information content (AvgIpc) is 3.04. The molecule has 0 bridgehead atoms. The molecule has 1 aromatic carbocycles. The third-order valence-corrected chi connectivity index (χ3v) is 4.58. The maximum absolute atomic E-state index is 12.4. The second-order valence-corrected chi connectivity index (χ2v) is 8.18. The van der Waals surface area contributed by atoms with E-state index in [1.165, 1.54) is 4.90 Å². The van der Waals surface area contributed by atoms with Crippen molar-refractivity contribution >= 4 is 24.1 Å². The quantitative estimate of drug-likeness (QED) is 0.314. The second kappa shape index (κ2) is 9.03. The van der Waals surface area contributed by atoms with Crippen LogP contribution in [0.2, 0.25) is 0 Å². The molecular formula is C22H27NO6. The molecule has 156 valence electrons. The molecule has 2 unspecified atom stereocenters. The van der Waals surface area contributed by atoms with Gasteiger partial charge < -0.3 is 9.47 Å². The van der Waals surface area contributed by atoms with E-state index in [2.05, 4.69) is 6.58 Å². The number of aldehydes is 1. The van der Waals surface area contributed by atoms with E-state index < -0.39 is 29.4 Å². The molecule has 0 aliphatic carbocycles. The molecule has 0 aromatic heterocycles. The van der Waals surface area contributed by atoms with Crippen molar-refractivity contribution in [1.29, 1.82) is 0 Å². The molecule has 0 N–H and O–H groups in total. The number of amides is 1. The predicted octanol–water partition coefficient (Wildman–Crippen LogP) is 3.28.